The first kappa shape index (κ1) is 12.3. The molecule has 0 bridgehead atoms. The first-order valence-electron chi connectivity index (χ1n) is 5.54. The Morgan fingerprint density at radius 3 is 2.65 bits per heavy atom. The smallest absolute Gasteiger partial charge is 0.0745 e. The molecular weight excluding hydrogens is 278 g/mol. The number of rotatable bonds is 3. The van der Waals surface area contributed by atoms with E-state index in [9.17, 15) is 0 Å². The molecule has 0 saturated carbocycles. The van der Waals surface area contributed by atoms with Crippen LogP contribution in [0.4, 0.5) is 0 Å². The molecule has 0 radical (unpaired) electrons. The van der Waals surface area contributed by atoms with Crippen LogP contribution in [0.5, 0.6) is 0 Å². The third-order valence-corrected chi connectivity index (χ3v) is 3.85. The summed E-state index contributed by atoms with van der Waals surface area (Å²) in [6.45, 7) is 2.10. The van der Waals surface area contributed by atoms with Crippen LogP contribution < -0.4 is 5.32 Å². The van der Waals surface area contributed by atoms with Crippen LogP contribution in [-0.4, -0.2) is 16.8 Å². The Bertz CT molecular complexity index is 519. The molecular formula is C13H16BrN3. The Morgan fingerprint density at radius 1 is 1.35 bits per heavy atom. The summed E-state index contributed by atoms with van der Waals surface area (Å²) in [5.41, 5.74) is 3.65. The molecule has 2 rings (SSSR count). The number of hydrogen-bond acceptors (Lipinski definition) is 2. The monoisotopic (exact) mass is 293 g/mol. The first-order chi connectivity index (χ1) is 8.13. The number of hydrogen-bond donors (Lipinski definition) is 1. The molecule has 3 nitrogen and oxygen atoms in total. The zero-order chi connectivity index (χ0) is 12.4. The molecule has 1 N–H and O–H groups in total. The van der Waals surface area contributed by atoms with Gasteiger partial charge < -0.3 is 5.32 Å². The second-order valence-corrected chi connectivity index (χ2v) is 4.96. The maximum atomic E-state index is 4.22. The van der Waals surface area contributed by atoms with Gasteiger partial charge in [0.15, 0.2) is 0 Å². The van der Waals surface area contributed by atoms with Gasteiger partial charge >= 0.3 is 0 Å². The van der Waals surface area contributed by atoms with Gasteiger partial charge in [0.25, 0.3) is 0 Å². The van der Waals surface area contributed by atoms with E-state index in [4.69, 9.17) is 0 Å². The van der Waals surface area contributed by atoms with Crippen molar-refractivity contribution in [3.8, 4) is 0 Å². The van der Waals surface area contributed by atoms with Crippen molar-refractivity contribution in [2.75, 3.05) is 7.05 Å². The molecule has 0 aliphatic heterocycles. The van der Waals surface area contributed by atoms with E-state index in [1.807, 2.05) is 31.0 Å². The molecule has 0 fully saturated rings. The largest absolute Gasteiger partial charge is 0.308 e. The van der Waals surface area contributed by atoms with E-state index in [1.54, 1.807) is 0 Å². The number of halogens is 1. The third-order valence-electron chi connectivity index (χ3n) is 2.96. The van der Waals surface area contributed by atoms with Crippen LogP contribution in [0.15, 0.2) is 34.9 Å². The standard InChI is InChI=1S/C13H16BrN3/c1-9-8-10(4-5-11(9)14)13(15-2)12-6-7-16-17(12)3/h4-8,13,15H,1-3H3. The predicted octanol–water partition coefficient (Wildman–Crippen LogP) is 2.80. The lowest BCUT2D eigenvalue weighted by molar-refractivity contribution is 0.606. The van der Waals surface area contributed by atoms with E-state index in [1.165, 1.54) is 11.1 Å². The van der Waals surface area contributed by atoms with Gasteiger partial charge in [-0.05, 0) is 37.2 Å². The van der Waals surface area contributed by atoms with Crippen molar-refractivity contribution >= 4 is 15.9 Å². The molecule has 1 aromatic carbocycles. The van der Waals surface area contributed by atoms with E-state index in [2.05, 4.69) is 51.5 Å². The van der Waals surface area contributed by atoms with Gasteiger partial charge in [0.2, 0.25) is 0 Å². The fourth-order valence-electron chi connectivity index (χ4n) is 2.00. The quantitative estimate of drug-likeness (QED) is 0.943. The third kappa shape index (κ3) is 2.42. The minimum absolute atomic E-state index is 0.175. The molecule has 1 unspecified atom stereocenters. The summed E-state index contributed by atoms with van der Waals surface area (Å²) in [5, 5.41) is 7.55. The maximum absolute atomic E-state index is 4.22. The molecule has 1 atom stereocenters. The second-order valence-electron chi connectivity index (χ2n) is 4.11. The first-order valence-corrected chi connectivity index (χ1v) is 6.34. The van der Waals surface area contributed by atoms with Gasteiger partial charge in [-0.1, -0.05) is 28.1 Å². The van der Waals surface area contributed by atoms with Gasteiger partial charge in [-0.15, -0.1) is 0 Å². The van der Waals surface area contributed by atoms with Gasteiger partial charge in [-0.3, -0.25) is 4.68 Å². The summed E-state index contributed by atoms with van der Waals surface area (Å²) in [4.78, 5) is 0. The Labute approximate surface area is 110 Å². The van der Waals surface area contributed by atoms with Crippen LogP contribution in [0.3, 0.4) is 0 Å². The zero-order valence-corrected chi connectivity index (χ0v) is 11.8. The van der Waals surface area contributed by atoms with Crippen molar-refractivity contribution in [1.82, 2.24) is 15.1 Å². The average molecular weight is 294 g/mol. The molecule has 1 heterocycles. The molecule has 0 aliphatic rings. The van der Waals surface area contributed by atoms with Crippen molar-refractivity contribution in [2.24, 2.45) is 7.05 Å². The van der Waals surface area contributed by atoms with Crippen LogP contribution in [0.2, 0.25) is 0 Å². The Kier molecular flexibility index (Phi) is 3.64. The van der Waals surface area contributed by atoms with E-state index in [0.29, 0.717) is 0 Å². The van der Waals surface area contributed by atoms with Crippen LogP contribution in [0.25, 0.3) is 0 Å². The average Bonchev–Trinajstić information content (AvgIpc) is 2.71. The number of nitrogens with zero attached hydrogens (tertiary/aromatic N) is 2. The number of nitrogens with one attached hydrogen (secondary N) is 1. The molecule has 1 aromatic heterocycles. The molecule has 2 aromatic rings. The summed E-state index contributed by atoms with van der Waals surface area (Å²) in [7, 11) is 3.93. The molecule has 0 spiro atoms. The van der Waals surface area contributed by atoms with Crippen molar-refractivity contribution < 1.29 is 0 Å². The van der Waals surface area contributed by atoms with Gasteiger partial charge in [0, 0.05) is 17.7 Å². The summed E-state index contributed by atoms with van der Waals surface area (Å²) in [5.74, 6) is 0. The van der Waals surface area contributed by atoms with Gasteiger partial charge in [0.1, 0.15) is 0 Å². The Hall–Kier alpha value is -1.13. The maximum Gasteiger partial charge on any atom is 0.0745 e. The fourth-order valence-corrected chi connectivity index (χ4v) is 2.25. The van der Waals surface area contributed by atoms with Crippen molar-refractivity contribution in [3.05, 3.63) is 51.8 Å². The lowest BCUT2D eigenvalue weighted by Gasteiger charge is -2.18. The number of aryl methyl sites for hydroxylation is 2. The molecule has 0 aliphatic carbocycles. The van der Waals surface area contributed by atoms with Crippen LogP contribution in [-0.2, 0) is 7.05 Å². The lowest BCUT2D eigenvalue weighted by atomic mass is 10.0. The fraction of sp³-hybridized carbons (Fsp3) is 0.308. The highest BCUT2D eigenvalue weighted by atomic mass is 79.9. The van der Waals surface area contributed by atoms with E-state index in [-0.39, 0.29) is 6.04 Å². The van der Waals surface area contributed by atoms with E-state index < -0.39 is 0 Å². The van der Waals surface area contributed by atoms with Crippen molar-refractivity contribution in [2.45, 2.75) is 13.0 Å². The summed E-state index contributed by atoms with van der Waals surface area (Å²) in [6, 6.07) is 8.63. The normalized spacial score (nSPS) is 12.7. The Balaban J connectivity index is 2.42. The van der Waals surface area contributed by atoms with Gasteiger partial charge in [-0.25, -0.2) is 0 Å². The molecule has 0 saturated heterocycles. The van der Waals surface area contributed by atoms with E-state index in [0.717, 1.165) is 10.2 Å². The lowest BCUT2D eigenvalue weighted by Crippen LogP contribution is -2.20. The SMILES string of the molecule is CNC(c1ccc(Br)c(C)c1)c1ccnn1C. The topological polar surface area (TPSA) is 29.9 Å². The molecule has 17 heavy (non-hydrogen) atoms. The van der Waals surface area contributed by atoms with Crippen molar-refractivity contribution in [1.29, 1.82) is 0 Å². The highest BCUT2D eigenvalue weighted by molar-refractivity contribution is 9.10. The molecule has 4 heteroatoms. The van der Waals surface area contributed by atoms with Crippen LogP contribution in [0, 0.1) is 6.92 Å². The zero-order valence-electron chi connectivity index (χ0n) is 10.2. The van der Waals surface area contributed by atoms with Crippen LogP contribution >= 0.6 is 15.9 Å². The van der Waals surface area contributed by atoms with Gasteiger partial charge in [0.05, 0.1) is 11.7 Å². The summed E-state index contributed by atoms with van der Waals surface area (Å²) >= 11 is 3.53. The second kappa shape index (κ2) is 5.02. The highest BCUT2D eigenvalue weighted by Crippen LogP contribution is 2.25. The minimum Gasteiger partial charge on any atom is -0.308 e. The van der Waals surface area contributed by atoms with E-state index >= 15 is 0 Å². The van der Waals surface area contributed by atoms with Crippen LogP contribution in [0.1, 0.15) is 22.9 Å². The van der Waals surface area contributed by atoms with Gasteiger partial charge in [-0.2, -0.15) is 5.10 Å². The summed E-state index contributed by atoms with van der Waals surface area (Å²) < 4.78 is 3.04. The predicted molar refractivity (Wildman–Crippen MR) is 73.0 cm³/mol. The number of aromatic nitrogens is 2. The van der Waals surface area contributed by atoms with Crippen molar-refractivity contribution in [3.63, 3.8) is 0 Å². The molecule has 0 amide bonds. The summed E-state index contributed by atoms with van der Waals surface area (Å²) in [6.07, 6.45) is 1.82. The number of benzene rings is 1. The highest BCUT2D eigenvalue weighted by Gasteiger charge is 2.15. The Morgan fingerprint density at radius 2 is 2.12 bits per heavy atom. The molecule has 90 valence electrons. The minimum atomic E-state index is 0.175.